The molecule has 1 N–H and O–H groups in total. The van der Waals surface area contributed by atoms with Gasteiger partial charge in [-0.3, -0.25) is 9.69 Å². The Labute approximate surface area is 184 Å². The zero-order valence-corrected chi connectivity index (χ0v) is 18.7. The van der Waals surface area contributed by atoms with Crippen molar-refractivity contribution in [3.05, 3.63) is 64.2 Å². The van der Waals surface area contributed by atoms with Crippen LogP contribution in [0.15, 0.2) is 42.5 Å². The third kappa shape index (κ3) is 6.46. The Bertz CT molecular complexity index is 848. The van der Waals surface area contributed by atoms with Crippen molar-refractivity contribution in [2.24, 2.45) is 0 Å². The zero-order valence-electron chi connectivity index (χ0n) is 18.0. The van der Waals surface area contributed by atoms with Crippen LogP contribution >= 0.6 is 11.6 Å². The van der Waals surface area contributed by atoms with Gasteiger partial charge in [0.05, 0.1) is 24.3 Å². The molecule has 2 unspecified atom stereocenters. The van der Waals surface area contributed by atoms with Crippen LogP contribution in [0.25, 0.3) is 0 Å². The number of benzene rings is 2. The smallest absolute Gasteiger partial charge is 0.220 e. The molecule has 0 saturated carbocycles. The molecule has 1 saturated heterocycles. The predicted molar refractivity (Wildman–Crippen MR) is 120 cm³/mol. The van der Waals surface area contributed by atoms with Gasteiger partial charge in [0.25, 0.3) is 0 Å². The summed E-state index contributed by atoms with van der Waals surface area (Å²) in [6.45, 7) is 7.49. The Morgan fingerprint density at radius 2 is 1.87 bits per heavy atom. The first kappa shape index (κ1) is 22.6. The number of halogens is 1. The fourth-order valence-electron chi connectivity index (χ4n) is 3.94. The number of carbonyl (C=O) groups is 1. The van der Waals surface area contributed by atoms with Crippen LogP contribution in [0.3, 0.4) is 0 Å². The van der Waals surface area contributed by atoms with Crippen molar-refractivity contribution in [1.29, 1.82) is 0 Å². The van der Waals surface area contributed by atoms with Crippen molar-refractivity contribution in [2.45, 2.75) is 52.0 Å². The van der Waals surface area contributed by atoms with E-state index in [9.17, 15) is 4.79 Å². The maximum absolute atomic E-state index is 12.4. The van der Waals surface area contributed by atoms with E-state index in [2.05, 4.69) is 42.3 Å². The summed E-state index contributed by atoms with van der Waals surface area (Å²) in [6.07, 6.45) is 1.54. The second-order valence-corrected chi connectivity index (χ2v) is 8.37. The van der Waals surface area contributed by atoms with E-state index in [1.54, 1.807) is 7.11 Å². The van der Waals surface area contributed by atoms with Crippen LogP contribution in [0.1, 0.15) is 37.0 Å². The lowest BCUT2D eigenvalue weighted by Gasteiger charge is -2.35. The lowest BCUT2D eigenvalue weighted by atomic mass is 10.1. The molecule has 1 aliphatic rings. The summed E-state index contributed by atoms with van der Waals surface area (Å²) in [5, 5.41) is 3.63. The lowest BCUT2D eigenvalue weighted by molar-refractivity contribution is -0.121. The molecule has 3 rings (SSSR count). The highest BCUT2D eigenvalue weighted by molar-refractivity contribution is 6.32. The SMILES string of the molecule is COc1ccc(CCC(=O)NCc2ccccc2CN2CC(C)OC(C)C2)cc1Cl. The van der Waals surface area contributed by atoms with Crippen molar-refractivity contribution in [1.82, 2.24) is 10.2 Å². The van der Waals surface area contributed by atoms with Crippen molar-refractivity contribution in [3.8, 4) is 5.75 Å². The summed E-state index contributed by atoms with van der Waals surface area (Å²) in [7, 11) is 1.59. The molecule has 0 spiro atoms. The van der Waals surface area contributed by atoms with Crippen molar-refractivity contribution in [2.75, 3.05) is 20.2 Å². The van der Waals surface area contributed by atoms with E-state index >= 15 is 0 Å². The highest BCUT2D eigenvalue weighted by Crippen LogP contribution is 2.25. The Morgan fingerprint density at radius 3 is 2.53 bits per heavy atom. The van der Waals surface area contributed by atoms with Gasteiger partial charge in [0.15, 0.2) is 0 Å². The van der Waals surface area contributed by atoms with E-state index in [-0.39, 0.29) is 18.1 Å². The summed E-state index contributed by atoms with van der Waals surface area (Å²) in [6, 6.07) is 13.9. The van der Waals surface area contributed by atoms with Crippen LogP contribution in [0.2, 0.25) is 5.02 Å². The number of ether oxygens (including phenoxy) is 2. The van der Waals surface area contributed by atoms with Gasteiger partial charge in [0, 0.05) is 32.6 Å². The summed E-state index contributed by atoms with van der Waals surface area (Å²) in [4.78, 5) is 14.8. The Balaban J connectivity index is 1.52. The van der Waals surface area contributed by atoms with E-state index < -0.39 is 0 Å². The average Bonchev–Trinajstić information content (AvgIpc) is 2.71. The van der Waals surface area contributed by atoms with Crippen LogP contribution in [-0.2, 0) is 29.0 Å². The number of hydrogen-bond donors (Lipinski definition) is 1. The third-order valence-electron chi connectivity index (χ3n) is 5.34. The minimum absolute atomic E-state index is 0.0327. The molecule has 0 radical (unpaired) electrons. The van der Waals surface area contributed by atoms with Crippen LogP contribution in [0.4, 0.5) is 0 Å². The highest BCUT2D eigenvalue weighted by Gasteiger charge is 2.22. The number of aryl methyl sites for hydroxylation is 1. The fraction of sp³-hybridized carbons (Fsp3) is 0.458. The summed E-state index contributed by atoms with van der Waals surface area (Å²) >= 11 is 6.16. The molecule has 162 valence electrons. The molecule has 5 nitrogen and oxygen atoms in total. The van der Waals surface area contributed by atoms with Crippen molar-refractivity contribution in [3.63, 3.8) is 0 Å². The van der Waals surface area contributed by atoms with Crippen molar-refractivity contribution >= 4 is 17.5 Å². The molecule has 2 aromatic carbocycles. The lowest BCUT2D eigenvalue weighted by Crippen LogP contribution is -2.45. The van der Waals surface area contributed by atoms with Gasteiger partial charge in [-0.05, 0) is 49.1 Å². The normalized spacial score (nSPS) is 19.5. The molecular formula is C24H31ClN2O3. The minimum Gasteiger partial charge on any atom is -0.495 e. The summed E-state index contributed by atoms with van der Waals surface area (Å²) < 4.78 is 11.0. The van der Waals surface area contributed by atoms with Gasteiger partial charge in [-0.2, -0.15) is 0 Å². The number of morpholine rings is 1. The largest absolute Gasteiger partial charge is 0.495 e. The number of nitrogens with one attached hydrogen (secondary N) is 1. The van der Waals surface area contributed by atoms with Gasteiger partial charge in [0.1, 0.15) is 5.75 Å². The average molecular weight is 431 g/mol. The molecule has 1 aliphatic heterocycles. The second kappa shape index (κ2) is 10.8. The zero-order chi connectivity index (χ0) is 21.5. The van der Waals surface area contributed by atoms with E-state index in [1.807, 2.05) is 24.3 Å². The number of carbonyl (C=O) groups excluding carboxylic acids is 1. The fourth-order valence-corrected chi connectivity index (χ4v) is 4.22. The van der Waals surface area contributed by atoms with E-state index in [4.69, 9.17) is 21.1 Å². The molecule has 0 aromatic heterocycles. The molecule has 1 fully saturated rings. The minimum atomic E-state index is 0.0327. The second-order valence-electron chi connectivity index (χ2n) is 7.97. The molecular weight excluding hydrogens is 400 g/mol. The highest BCUT2D eigenvalue weighted by atomic mass is 35.5. The molecule has 2 aromatic rings. The Kier molecular flexibility index (Phi) is 8.14. The standard InChI is InChI=1S/C24H31ClN2O3/c1-17-14-27(15-18(2)30-17)16-21-7-5-4-6-20(21)13-26-24(28)11-9-19-8-10-23(29-3)22(25)12-19/h4-8,10,12,17-18H,9,11,13-16H2,1-3H3,(H,26,28). The molecule has 6 heteroatoms. The topological polar surface area (TPSA) is 50.8 Å². The van der Waals surface area contributed by atoms with Gasteiger partial charge in [-0.15, -0.1) is 0 Å². The van der Waals surface area contributed by atoms with Gasteiger partial charge in [-0.25, -0.2) is 0 Å². The molecule has 0 bridgehead atoms. The van der Waals surface area contributed by atoms with Gasteiger partial charge in [-0.1, -0.05) is 41.9 Å². The first-order chi connectivity index (χ1) is 14.4. The number of methoxy groups -OCH3 is 1. The van der Waals surface area contributed by atoms with Crippen molar-refractivity contribution < 1.29 is 14.3 Å². The first-order valence-corrected chi connectivity index (χ1v) is 10.9. The van der Waals surface area contributed by atoms with Gasteiger partial charge >= 0.3 is 0 Å². The number of nitrogens with zero attached hydrogens (tertiary/aromatic N) is 1. The molecule has 30 heavy (non-hydrogen) atoms. The van der Waals surface area contributed by atoms with Crippen LogP contribution in [0.5, 0.6) is 5.75 Å². The van der Waals surface area contributed by atoms with Crippen LogP contribution in [-0.4, -0.2) is 43.2 Å². The summed E-state index contributed by atoms with van der Waals surface area (Å²) in [5.74, 6) is 0.677. The Morgan fingerprint density at radius 1 is 1.17 bits per heavy atom. The number of amides is 1. The molecule has 2 atom stereocenters. The van der Waals surface area contributed by atoms with Gasteiger partial charge in [0.2, 0.25) is 5.91 Å². The molecule has 1 amide bonds. The Hall–Kier alpha value is -2.08. The number of rotatable bonds is 8. The van der Waals surface area contributed by atoms with Crippen LogP contribution in [0, 0.1) is 0 Å². The third-order valence-corrected chi connectivity index (χ3v) is 5.64. The predicted octanol–water partition coefficient (Wildman–Crippen LogP) is 4.21. The monoisotopic (exact) mass is 430 g/mol. The number of hydrogen-bond acceptors (Lipinski definition) is 4. The van der Waals surface area contributed by atoms with E-state index in [0.717, 1.165) is 30.8 Å². The quantitative estimate of drug-likeness (QED) is 0.681. The van der Waals surface area contributed by atoms with Gasteiger partial charge < -0.3 is 14.8 Å². The maximum Gasteiger partial charge on any atom is 0.220 e. The molecule has 0 aliphatic carbocycles. The van der Waals surface area contributed by atoms with E-state index in [0.29, 0.717) is 30.2 Å². The first-order valence-electron chi connectivity index (χ1n) is 10.5. The van der Waals surface area contributed by atoms with Crippen LogP contribution < -0.4 is 10.1 Å². The molecule has 1 heterocycles. The maximum atomic E-state index is 12.4. The summed E-state index contributed by atoms with van der Waals surface area (Å²) in [5.41, 5.74) is 3.43. The van der Waals surface area contributed by atoms with E-state index in [1.165, 1.54) is 5.56 Å².